The Morgan fingerprint density at radius 2 is 1.33 bits per heavy atom. The van der Waals surface area contributed by atoms with E-state index in [1.807, 2.05) is 10.8 Å². The van der Waals surface area contributed by atoms with Crippen molar-refractivity contribution in [1.82, 2.24) is 9.97 Å². The zero-order valence-corrected chi connectivity index (χ0v) is 17.4. The minimum absolute atomic E-state index is 0.0148. The molecule has 2 aliphatic carbocycles. The van der Waals surface area contributed by atoms with Crippen molar-refractivity contribution in [1.29, 1.82) is 0 Å². The van der Waals surface area contributed by atoms with Crippen molar-refractivity contribution in [3.05, 3.63) is 22.1 Å². The molecule has 0 unspecified atom stereocenters. The van der Waals surface area contributed by atoms with Crippen LogP contribution in [-0.2, 0) is 9.59 Å². The number of carbonyl (C=O) groups excluding carboxylic acids is 2. The van der Waals surface area contributed by atoms with Crippen LogP contribution < -0.4 is 10.6 Å². The average molecular weight is 423 g/mol. The molecule has 2 saturated carbocycles. The molecule has 0 radical (unpaired) electrons. The second-order valence-corrected chi connectivity index (χ2v) is 9.85. The van der Waals surface area contributed by atoms with Crippen LogP contribution >= 0.6 is 34.4 Å². The van der Waals surface area contributed by atoms with Gasteiger partial charge in [0.25, 0.3) is 0 Å². The first kappa shape index (κ1) is 18.9. The lowest BCUT2D eigenvalue weighted by molar-refractivity contribution is -0.116. The molecule has 2 aliphatic rings. The minimum Gasteiger partial charge on any atom is -0.302 e. The summed E-state index contributed by atoms with van der Waals surface area (Å²) in [7, 11) is 0. The summed E-state index contributed by atoms with van der Waals surface area (Å²) in [5, 5.41) is 11.2. The standard InChI is InChI=1S/C18H22N4O2S3/c23-15(21-17-19-13(9-26-17)11-1-2-11)5-7-25-8-6-16(24)22-18-20-14(10-27-18)12-3-4-12/h9-12H,1-8H2,(H,19,21,23)(H,20,22,24). The molecule has 0 bridgehead atoms. The van der Waals surface area contributed by atoms with E-state index in [2.05, 4.69) is 20.6 Å². The van der Waals surface area contributed by atoms with E-state index in [1.54, 1.807) is 11.8 Å². The quantitative estimate of drug-likeness (QED) is 0.553. The molecular weight excluding hydrogens is 400 g/mol. The smallest absolute Gasteiger partial charge is 0.226 e. The van der Waals surface area contributed by atoms with Crippen LogP contribution in [0.4, 0.5) is 10.3 Å². The fourth-order valence-electron chi connectivity index (χ4n) is 2.62. The number of nitrogens with zero attached hydrogens (tertiary/aromatic N) is 2. The first-order valence-corrected chi connectivity index (χ1v) is 12.2. The third kappa shape index (κ3) is 5.76. The highest BCUT2D eigenvalue weighted by Gasteiger charge is 2.27. The average Bonchev–Trinajstić information content (AvgIpc) is 3.58. The third-order valence-corrected chi connectivity index (χ3v) is 7.01. The molecular formula is C18H22N4O2S3. The lowest BCUT2D eigenvalue weighted by atomic mass is 10.3. The maximum Gasteiger partial charge on any atom is 0.226 e. The summed E-state index contributed by atoms with van der Waals surface area (Å²) < 4.78 is 0. The van der Waals surface area contributed by atoms with Crippen molar-refractivity contribution < 1.29 is 9.59 Å². The number of carbonyl (C=O) groups is 2. The Bertz CT molecular complexity index is 745. The van der Waals surface area contributed by atoms with Gasteiger partial charge in [0.15, 0.2) is 10.3 Å². The number of anilines is 2. The molecule has 2 aromatic rings. The maximum absolute atomic E-state index is 12.0. The van der Waals surface area contributed by atoms with Crippen molar-refractivity contribution in [2.45, 2.75) is 50.4 Å². The molecule has 0 aliphatic heterocycles. The Hall–Kier alpha value is -1.45. The van der Waals surface area contributed by atoms with Crippen LogP contribution in [0.5, 0.6) is 0 Å². The normalized spacial score (nSPS) is 16.3. The largest absolute Gasteiger partial charge is 0.302 e. The first-order valence-electron chi connectivity index (χ1n) is 9.25. The summed E-state index contributed by atoms with van der Waals surface area (Å²) in [6, 6.07) is 0. The van der Waals surface area contributed by atoms with Crippen molar-refractivity contribution >= 4 is 56.5 Å². The van der Waals surface area contributed by atoms with Gasteiger partial charge < -0.3 is 10.6 Å². The van der Waals surface area contributed by atoms with Gasteiger partial charge in [-0.25, -0.2) is 9.97 Å². The van der Waals surface area contributed by atoms with E-state index in [9.17, 15) is 9.59 Å². The van der Waals surface area contributed by atoms with E-state index in [0.717, 1.165) is 11.4 Å². The maximum atomic E-state index is 12.0. The minimum atomic E-state index is -0.0148. The molecule has 9 heteroatoms. The van der Waals surface area contributed by atoms with E-state index in [-0.39, 0.29) is 11.8 Å². The number of nitrogens with one attached hydrogen (secondary N) is 2. The summed E-state index contributed by atoms with van der Waals surface area (Å²) in [5.74, 6) is 2.58. The molecule has 2 N–H and O–H groups in total. The summed E-state index contributed by atoms with van der Waals surface area (Å²) in [6.45, 7) is 0. The van der Waals surface area contributed by atoms with Crippen LogP contribution in [0, 0.1) is 0 Å². The van der Waals surface area contributed by atoms with Crippen LogP contribution in [0.15, 0.2) is 10.8 Å². The molecule has 4 rings (SSSR count). The van der Waals surface area contributed by atoms with Crippen LogP contribution in [0.2, 0.25) is 0 Å². The van der Waals surface area contributed by atoms with Crippen molar-refractivity contribution in [3.8, 4) is 0 Å². The van der Waals surface area contributed by atoms with Crippen LogP contribution in [0.25, 0.3) is 0 Å². The fourth-order valence-corrected chi connectivity index (χ4v) is 5.10. The van der Waals surface area contributed by atoms with E-state index in [1.165, 1.54) is 48.4 Å². The predicted molar refractivity (Wildman–Crippen MR) is 112 cm³/mol. The Morgan fingerprint density at radius 1 is 0.889 bits per heavy atom. The Balaban J connectivity index is 1.07. The second-order valence-electron chi connectivity index (χ2n) is 6.91. The van der Waals surface area contributed by atoms with Gasteiger partial charge >= 0.3 is 0 Å². The van der Waals surface area contributed by atoms with Crippen molar-refractivity contribution in [3.63, 3.8) is 0 Å². The molecule has 0 aromatic carbocycles. The Kier molecular flexibility index (Phi) is 6.09. The zero-order chi connectivity index (χ0) is 18.6. The van der Waals surface area contributed by atoms with E-state index < -0.39 is 0 Å². The van der Waals surface area contributed by atoms with Crippen molar-refractivity contribution in [2.24, 2.45) is 0 Å². The van der Waals surface area contributed by atoms with E-state index in [0.29, 0.717) is 46.4 Å². The van der Waals surface area contributed by atoms with Crippen LogP contribution in [-0.4, -0.2) is 33.3 Å². The number of aromatic nitrogens is 2. The molecule has 2 fully saturated rings. The molecule has 0 spiro atoms. The summed E-state index contributed by atoms with van der Waals surface area (Å²) >= 11 is 4.60. The molecule has 27 heavy (non-hydrogen) atoms. The van der Waals surface area contributed by atoms with Gasteiger partial charge in [-0.3, -0.25) is 9.59 Å². The van der Waals surface area contributed by atoms with Gasteiger partial charge in [0.2, 0.25) is 11.8 Å². The molecule has 2 aromatic heterocycles. The number of hydrogen-bond donors (Lipinski definition) is 2. The number of thioether (sulfide) groups is 1. The lowest BCUT2D eigenvalue weighted by Crippen LogP contribution is -2.14. The highest BCUT2D eigenvalue weighted by Crippen LogP contribution is 2.41. The summed E-state index contributed by atoms with van der Waals surface area (Å²) in [6.07, 6.45) is 5.72. The molecule has 0 atom stereocenters. The number of rotatable bonds is 10. The molecule has 6 nitrogen and oxygen atoms in total. The van der Waals surface area contributed by atoms with Gasteiger partial charge in [-0.2, -0.15) is 11.8 Å². The highest BCUT2D eigenvalue weighted by atomic mass is 32.2. The SMILES string of the molecule is O=C(CCSCCC(=O)Nc1nc(C2CC2)cs1)Nc1nc(C2CC2)cs1. The zero-order valence-electron chi connectivity index (χ0n) is 14.9. The van der Waals surface area contributed by atoms with Gasteiger partial charge in [0.1, 0.15) is 0 Å². The van der Waals surface area contributed by atoms with Gasteiger partial charge in [0, 0.05) is 46.9 Å². The summed E-state index contributed by atoms with van der Waals surface area (Å²) in [5.41, 5.74) is 2.22. The molecule has 2 heterocycles. The highest BCUT2D eigenvalue weighted by molar-refractivity contribution is 7.99. The molecule has 144 valence electrons. The topological polar surface area (TPSA) is 84.0 Å². The van der Waals surface area contributed by atoms with E-state index in [4.69, 9.17) is 0 Å². The van der Waals surface area contributed by atoms with Gasteiger partial charge in [-0.1, -0.05) is 0 Å². The number of amides is 2. The second kappa shape index (κ2) is 8.70. The van der Waals surface area contributed by atoms with Gasteiger partial charge in [-0.05, 0) is 25.7 Å². The van der Waals surface area contributed by atoms with E-state index >= 15 is 0 Å². The number of hydrogen-bond acceptors (Lipinski definition) is 7. The Labute approximate surface area is 170 Å². The fraction of sp³-hybridized carbons (Fsp3) is 0.556. The summed E-state index contributed by atoms with van der Waals surface area (Å²) in [4.78, 5) is 32.8. The molecule has 2 amide bonds. The lowest BCUT2D eigenvalue weighted by Gasteiger charge is -2.03. The Morgan fingerprint density at radius 3 is 1.74 bits per heavy atom. The van der Waals surface area contributed by atoms with Crippen LogP contribution in [0.3, 0.4) is 0 Å². The van der Waals surface area contributed by atoms with Gasteiger partial charge in [-0.15, -0.1) is 22.7 Å². The van der Waals surface area contributed by atoms with Gasteiger partial charge in [0.05, 0.1) is 11.4 Å². The van der Waals surface area contributed by atoms with Crippen LogP contribution in [0.1, 0.15) is 61.7 Å². The van der Waals surface area contributed by atoms with Crippen molar-refractivity contribution in [2.75, 3.05) is 22.1 Å². The monoisotopic (exact) mass is 422 g/mol. The number of thiazole rings is 2. The predicted octanol–water partition coefficient (Wildman–Crippen LogP) is 4.45. The first-order chi connectivity index (χ1) is 13.2. The third-order valence-electron chi connectivity index (χ3n) is 4.47. The molecule has 0 saturated heterocycles.